The van der Waals surface area contributed by atoms with Crippen LogP contribution in [0.4, 0.5) is 13.2 Å². The molecule has 0 aliphatic heterocycles. The summed E-state index contributed by atoms with van der Waals surface area (Å²) in [6.07, 6.45) is -2.30. The van der Waals surface area contributed by atoms with Crippen LogP contribution in [0, 0.1) is 0 Å². The van der Waals surface area contributed by atoms with Crippen LogP contribution in [0.2, 0.25) is 0 Å². The second kappa shape index (κ2) is 11.0. The molecule has 2 N–H and O–H groups in total. The maximum Gasteiger partial charge on any atom is 0.416 e. The number of nitrogens with zero attached hydrogens (tertiary/aromatic N) is 1. The van der Waals surface area contributed by atoms with E-state index >= 15 is 0 Å². The minimum absolute atomic E-state index is 0. The van der Waals surface area contributed by atoms with E-state index in [1.54, 1.807) is 17.8 Å². The number of thioether (sulfide) groups is 1. The molecule has 132 valence electrons. The maximum atomic E-state index is 12.7. The number of aliphatic imine (C=N–C) groups is 1. The van der Waals surface area contributed by atoms with Gasteiger partial charge < -0.3 is 10.6 Å². The van der Waals surface area contributed by atoms with E-state index in [1.165, 1.54) is 6.07 Å². The molecule has 1 aromatic carbocycles. The molecule has 0 aliphatic rings. The summed E-state index contributed by atoms with van der Waals surface area (Å²) in [5, 5.41) is 6.70. The van der Waals surface area contributed by atoms with Crippen molar-refractivity contribution in [2.75, 3.05) is 19.3 Å². The van der Waals surface area contributed by atoms with Gasteiger partial charge in [-0.15, -0.1) is 24.0 Å². The molecule has 0 saturated heterocycles. The van der Waals surface area contributed by atoms with Gasteiger partial charge in [-0.3, -0.25) is 0 Å². The summed E-state index contributed by atoms with van der Waals surface area (Å²) in [7, 11) is 0. The largest absolute Gasteiger partial charge is 0.416 e. The van der Waals surface area contributed by atoms with Crippen molar-refractivity contribution in [3.05, 3.63) is 35.4 Å². The first kappa shape index (κ1) is 22.4. The highest BCUT2D eigenvalue weighted by atomic mass is 127. The lowest BCUT2D eigenvalue weighted by Crippen LogP contribution is -2.40. The van der Waals surface area contributed by atoms with Crippen molar-refractivity contribution in [2.24, 2.45) is 4.99 Å². The van der Waals surface area contributed by atoms with Crippen molar-refractivity contribution in [3.8, 4) is 0 Å². The van der Waals surface area contributed by atoms with Gasteiger partial charge in [-0.1, -0.05) is 19.1 Å². The van der Waals surface area contributed by atoms with Crippen LogP contribution in [0.3, 0.4) is 0 Å². The van der Waals surface area contributed by atoms with E-state index in [1.807, 2.05) is 13.2 Å². The molecule has 0 saturated carbocycles. The molecule has 3 nitrogen and oxygen atoms in total. The van der Waals surface area contributed by atoms with Crippen LogP contribution in [-0.2, 0) is 12.7 Å². The fourth-order valence-electron chi connectivity index (χ4n) is 1.68. The molecule has 1 aromatic rings. The highest BCUT2D eigenvalue weighted by molar-refractivity contribution is 14.0. The standard InChI is InChI=1S/C15H22F3N3S.HI/c1-4-19-14(20-9-11(2)22-3)21-10-12-6-5-7-13(8-12)15(16,17)18;/h5-8,11H,4,9-10H2,1-3H3,(H2,19,20,21);1H. The summed E-state index contributed by atoms with van der Waals surface area (Å²) in [6.45, 7) is 5.68. The number of benzene rings is 1. The van der Waals surface area contributed by atoms with Gasteiger partial charge in [0.1, 0.15) is 0 Å². The molecule has 1 atom stereocenters. The lowest BCUT2D eigenvalue weighted by Gasteiger charge is -2.14. The van der Waals surface area contributed by atoms with E-state index in [-0.39, 0.29) is 30.5 Å². The lowest BCUT2D eigenvalue weighted by atomic mass is 10.1. The van der Waals surface area contributed by atoms with Crippen molar-refractivity contribution in [1.29, 1.82) is 0 Å². The van der Waals surface area contributed by atoms with E-state index < -0.39 is 11.7 Å². The quantitative estimate of drug-likeness (QED) is 0.380. The Morgan fingerprint density at radius 3 is 2.57 bits per heavy atom. The van der Waals surface area contributed by atoms with Gasteiger partial charge in [-0.05, 0) is 30.9 Å². The molecule has 0 aromatic heterocycles. The second-order valence-electron chi connectivity index (χ2n) is 4.82. The Kier molecular flexibility index (Phi) is 10.7. The Hall–Kier alpha value is -0.640. The average Bonchev–Trinajstić information content (AvgIpc) is 2.49. The molecule has 0 amide bonds. The molecule has 1 unspecified atom stereocenters. The summed E-state index contributed by atoms with van der Waals surface area (Å²) in [4.78, 5) is 4.33. The number of nitrogens with one attached hydrogen (secondary N) is 2. The molecule has 0 heterocycles. The first-order chi connectivity index (χ1) is 10.4. The zero-order chi connectivity index (χ0) is 16.6. The fourth-order valence-corrected chi connectivity index (χ4v) is 1.93. The summed E-state index contributed by atoms with van der Waals surface area (Å²) >= 11 is 1.73. The van der Waals surface area contributed by atoms with E-state index in [0.29, 0.717) is 23.3 Å². The predicted molar refractivity (Wildman–Crippen MR) is 103 cm³/mol. The average molecular weight is 461 g/mol. The van der Waals surface area contributed by atoms with Crippen molar-refractivity contribution >= 4 is 41.7 Å². The van der Waals surface area contributed by atoms with Gasteiger partial charge in [0, 0.05) is 18.3 Å². The lowest BCUT2D eigenvalue weighted by molar-refractivity contribution is -0.137. The summed E-state index contributed by atoms with van der Waals surface area (Å²) in [5.74, 6) is 0.612. The van der Waals surface area contributed by atoms with Gasteiger partial charge in [-0.2, -0.15) is 24.9 Å². The van der Waals surface area contributed by atoms with Crippen LogP contribution < -0.4 is 10.6 Å². The van der Waals surface area contributed by atoms with Gasteiger partial charge in [-0.25, -0.2) is 4.99 Å². The molecule has 1 rings (SSSR count). The number of rotatable bonds is 6. The van der Waals surface area contributed by atoms with Gasteiger partial charge in [0.25, 0.3) is 0 Å². The first-order valence-electron chi connectivity index (χ1n) is 7.08. The number of alkyl halides is 3. The second-order valence-corrected chi connectivity index (χ2v) is 6.10. The summed E-state index contributed by atoms with van der Waals surface area (Å²) in [5.41, 5.74) is -0.112. The number of halogens is 4. The van der Waals surface area contributed by atoms with E-state index in [2.05, 4.69) is 22.5 Å². The Balaban J connectivity index is 0.00000484. The monoisotopic (exact) mass is 461 g/mol. The SMILES string of the molecule is CCNC(=NCc1cccc(C(F)(F)F)c1)NCC(C)SC.I. The molecule has 0 fully saturated rings. The van der Waals surface area contributed by atoms with Crippen molar-refractivity contribution in [3.63, 3.8) is 0 Å². The Morgan fingerprint density at radius 2 is 2.00 bits per heavy atom. The van der Waals surface area contributed by atoms with Crippen LogP contribution in [0.25, 0.3) is 0 Å². The van der Waals surface area contributed by atoms with Gasteiger partial charge in [0.2, 0.25) is 0 Å². The maximum absolute atomic E-state index is 12.7. The number of hydrogen-bond acceptors (Lipinski definition) is 2. The molecule has 0 bridgehead atoms. The van der Waals surface area contributed by atoms with E-state index in [4.69, 9.17) is 0 Å². The minimum Gasteiger partial charge on any atom is -0.357 e. The molecule has 0 spiro atoms. The zero-order valence-corrected chi connectivity index (χ0v) is 16.6. The summed E-state index contributed by atoms with van der Waals surface area (Å²) < 4.78 is 38.0. The Bertz CT molecular complexity index is 495. The Labute approximate surface area is 156 Å². The normalized spacial score (nSPS) is 13.2. The highest BCUT2D eigenvalue weighted by Crippen LogP contribution is 2.29. The molecule has 0 radical (unpaired) electrons. The van der Waals surface area contributed by atoms with Gasteiger partial charge in [0.15, 0.2) is 5.96 Å². The predicted octanol–water partition coefficient (Wildman–Crippen LogP) is 4.13. The topological polar surface area (TPSA) is 36.4 Å². The molecular weight excluding hydrogens is 438 g/mol. The third kappa shape index (κ3) is 8.69. The molecule has 0 aliphatic carbocycles. The smallest absolute Gasteiger partial charge is 0.357 e. The van der Waals surface area contributed by atoms with Crippen LogP contribution in [-0.4, -0.2) is 30.6 Å². The molecule has 8 heteroatoms. The fraction of sp³-hybridized carbons (Fsp3) is 0.533. The number of hydrogen-bond donors (Lipinski definition) is 2. The van der Waals surface area contributed by atoms with Crippen LogP contribution in [0.1, 0.15) is 25.0 Å². The molecular formula is C15H23F3IN3S. The first-order valence-corrected chi connectivity index (χ1v) is 8.36. The molecule has 23 heavy (non-hydrogen) atoms. The third-order valence-corrected chi connectivity index (χ3v) is 3.95. The zero-order valence-electron chi connectivity index (χ0n) is 13.4. The van der Waals surface area contributed by atoms with E-state index in [0.717, 1.165) is 18.7 Å². The summed E-state index contributed by atoms with van der Waals surface area (Å²) in [6, 6.07) is 5.26. The third-order valence-electron chi connectivity index (χ3n) is 2.98. The van der Waals surface area contributed by atoms with Gasteiger partial charge >= 0.3 is 6.18 Å². The van der Waals surface area contributed by atoms with Crippen molar-refractivity contribution in [2.45, 2.75) is 31.8 Å². The van der Waals surface area contributed by atoms with Crippen LogP contribution in [0.5, 0.6) is 0 Å². The van der Waals surface area contributed by atoms with Crippen LogP contribution >= 0.6 is 35.7 Å². The minimum atomic E-state index is -4.32. The number of guanidine groups is 1. The van der Waals surface area contributed by atoms with E-state index in [9.17, 15) is 13.2 Å². The Morgan fingerprint density at radius 1 is 1.30 bits per heavy atom. The van der Waals surface area contributed by atoms with Crippen molar-refractivity contribution in [1.82, 2.24) is 10.6 Å². The highest BCUT2D eigenvalue weighted by Gasteiger charge is 2.30. The van der Waals surface area contributed by atoms with Crippen molar-refractivity contribution < 1.29 is 13.2 Å². The van der Waals surface area contributed by atoms with Gasteiger partial charge in [0.05, 0.1) is 12.1 Å². The van der Waals surface area contributed by atoms with Crippen LogP contribution in [0.15, 0.2) is 29.3 Å².